The molecule has 120 valence electrons. The number of esters is 1. The normalized spacial score (nSPS) is 14.1. The van der Waals surface area contributed by atoms with Crippen LogP contribution in [0.5, 0.6) is 0 Å². The number of rotatable bonds is 9. The lowest BCUT2D eigenvalue weighted by Gasteiger charge is -2.19. The van der Waals surface area contributed by atoms with Crippen LogP contribution in [-0.4, -0.2) is 44.1 Å². The Morgan fingerprint density at radius 1 is 1.30 bits per heavy atom. The van der Waals surface area contributed by atoms with Crippen molar-refractivity contribution in [3.05, 3.63) is 0 Å². The van der Waals surface area contributed by atoms with Crippen molar-refractivity contribution in [2.75, 3.05) is 18.1 Å². The minimum Gasteiger partial charge on any atom is -0.459 e. The van der Waals surface area contributed by atoms with Crippen LogP contribution in [0.3, 0.4) is 0 Å². The molecule has 0 aromatic rings. The van der Waals surface area contributed by atoms with Crippen LogP contribution in [0.4, 0.5) is 0 Å². The van der Waals surface area contributed by atoms with Crippen LogP contribution in [0, 0.1) is 0 Å². The molecule has 1 N–H and O–H groups in total. The average Bonchev–Trinajstić information content (AvgIpc) is 2.22. The van der Waals surface area contributed by atoms with Crippen molar-refractivity contribution in [3.8, 4) is 0 Å². The molecule has 0 fully saturated rings. The highest BCUT2D eigenvalue weighted by atomic mass is 32.2. The zero-order chi connectivity index (χ0) is 15.8. The minimum absolute atomic E-state index is 0.0321. The molecule has 0 aromatic heterocycles. The average molecular weight is 307 g/mol. The molecule has 0 radical (unpaired) electrons. The molecular formula is C14H29NO4S. The van der Waals surface area contributed by atoms with E-state index in [-0.39, 0.29) is 5.75 Å². The standard InChI is InChI=1S/C14H29NO4S/c1-6-9-15-12(2)8-7-10-20(17,18)11-13(16)19-14(3,4)5/h12,15H,6-11H2,1-5H3. The van der Waals surface area contributed by atoms with Crippen LogP contribution in [-0.2, 0) is 19.4 Å². The van der Waals surface area contributed by atoms with E-state index in [4.69, 9.17) is 4.74 Å². The maximum atomic E-state index is 11.8. The first-order valence-corrected chi connectivity index (χ1v) is 9.03. The Kier molecular flexibility index (Phi) is 8.35. The first-order valence-electron chi connectivity index (χ1n) is 7.21. The Hall–Kier alpha value is -0.620. The summed E-state index contributed by atoms with van der Waals surface area (Å²) in [6, 6.07) is 0.298. The molecule has 0 aliphatic heterocycles. The third-order valence-corrected chi connectivity index (χ3v) is 4.18. The molecule has 0 aromatic carbocycles. The Balaban J connectivity index is 4.05. The number of carbonyl (C=O) groups excluding carboxylic acids is 1. The molecule has 0 bridgehead atoms. The highest BCUT2D eigenvalue weighted by Gasteiger charge is 2.22. The SMILES string of the molecule is CCCNC(C)CCCS(=O)(=O)CC(=O)OC(C)(C)C. The summed E-state index contributed by atoms with van der Waals surface area (Å²) in [5.74, 6) is -1.17. The number of nitrogens with one attached hydrogen (secondary N) is 1. The van der Waals surface area contributed by atoms with Crippen LogP contribution in [0.15, 0.2) is 0 Å². The zero-order valence-corrected chi connectivity index (χ0v) is 14.2. The number of carbonyl (C=O) groups is 1. The summed E-state index contributed by atoms with van der Waals surface area (Å²) in [5.41, 5.74) is -0.648. The first-order chi connectivity index (χ1) is 9.06. The summed E-state index contributed by atoms with van der Waals surface area (Å²) < 4.78 is 28.6. The quantitative estimate of drug-likeness (QED) is 0.659. The Labute approximate surface area is 123 Å². The third-order valence-electron chi connectivity index (χ3n) is 2.59. The summed E-state index contributed by atoms with van der Waals surface area (Å²) >= 11 is 0. The Bertz CT molecular complexity index is 384. The number of hydrogen-bond acceptors (Lipinski definition) is 5. The van der Waals surface area contributed by atoms with E-state index in [1.165, 1.54) is 0 Å². The molecule has 1 atom stereocenters. The number of hydrogen-bond donors (Lipinski definition) is 1. The van der Waals surface area contributed by atoms with E-state index in [9.17, 15) is 13.2 Å². The van der Waals surface area contributed by atoms with Gasteiger partial charge in [-0.15, -0.1) is 0 Å². The van der Waals surface area contributed by atoms with Crippen molar-refractivity contribution in [1.29, 1.82) is 0 Å². The van der Waals surface area contributed by atoms with Gasteiger partial charge in [0.15, 0.2) is 9.84 Å². The van der Waals surface area contributed by atoms with Gasteiger partial charge in [0, 0.05) is 6.04 Å². The Morgan fingerprint density at radius 3 is 2.40 bits per heavy atom. The van der Waals surface area contributed by atoms with E-state index >= 15 is 0 Å². The van der Waals surface area contributed by atoms with E-state index in [0.717, 1.165) is 19.4 Å². The zero-order valence-electron chi connectivity index (χ0n) is 13.4. The molecule has 0 aliphatic rings. The van der Waals surface area contributed by atoms with Gasteiger partial charge in [0.1, 0.15) is 11.4 Å². The fraction of sp³-hybridized carbons (Fsp3) is 0.929. The van der Waals surface area contributed by atoms with Gasteiger partial charge >= 0.3 is 5.97 Å². The first kappa shape index (κ1) is 19.4. The summed E-state index contributed by atoms with van der Waals surface area (Å²) in [5, 5.41) is 3.30. The molecule has 0 saturated carbocycles. The molecule has 20 heavy (non-hydrogen) atoms. The predicted molar refractivity (Wildman–Crippen MR) is 81.5 cm³/mol. The van der Waals surface area contributed by atoms with Gasteiger partial charge in [-0.25, -0.2) is 8.42 Å². The lowest BCUT2D eigenvalue weighted by molar-refractivity contribution is -0.151. The van der Waals surface area contributed by atoms with E-state index < -0.39 is 27.2 Å². The fourth-order valence-electron chi connectivity index (χ4n) is 1.72. The van der Waals surface area contributed by atoms with Crippen molar-refractivity contribution in [2.45, 2.75) is 65.5 Å². The lowest BCUT2D eigenvalue weighted by Crippen LogP contribution is -2.30. The third kappa shape index (κ3) is 11.2. The summed E-state index contributed by atoms with van der Waals surface area (Å²) in [6.07, 6.45) is 2.40. The monoisotopic (exact) mass is 307 g/mol. The molecular weight excluding hydrogens is 278 g/mol. The highest BCUT2D eigenvalue weighted by molar-refractivity contribution is 7.92. The molecule has 0 heterocycles. The van der Waals surface area contributed by atoms with Crippen molar-refractivity contribution >= 4 is 15.8 Å². The van der Waals surface area contributed by atoms with Crippen LogP contribution in [0.2, 0.25) is 0 Å². The highest BCUT2D eigenvalue weighted by Crippen LogP contribution is 2.09. The molecule has 0 aliphatic carbocycles. The van der Waals surface area contributed by atoms with E-state index in [1.54, 1.807) is 20.8 Å². The van der Waals surface area contributed by atoms with Crippen LogP contribution in [0.1, 0.15) is 53.9 Å². The molecule has 5 nitrogen and oxygen atoms in total. The van der Waals surface area contributed by atoms with Crippen molar-refractivity contribution in [2.24, 2.45) is 0 Å². The van der Waals surface area contributed by atoms with Gasteiger partial charge in [-0.3, -0.25) is 4.79 Å². The van der Waals surface area contributed by atoms with E-state index in [0.29, 0.717) is 12.5 Å². The second-order valence-corrected chi connectivity index (χ2v) is 8.36. The van der Waals surface area contributed by atoms with Gasteiger partial charge in [-0.1, -0.05) is 6.92 Å². The van der Waals surface area contributed by atoms with Gasteiger partial charge in [-0.05, 0) is 53.5 Å². The second-order valence-electron chi connectivity index (χ2n) is 6.18. The van der Waals surface area contributed by atoms with Gasteiger partial charge in [0.2, 0.25) is 0 Å². The summed E-state index contributed by atoms with van der Waals surface area (Å²) in [4.78, 5) is 11.5. The molecule has 0 saturated heterocycles. The molecule has 0 spiro atoms. The maximum Gasteiger partial charge on any atom is 0.321 e. The van der Waals surface area contributed by atoms with Gasteiger partial charge < -0.3 is 10.1 Å². The van der Waals surface area contributed by atoms with Gasteiger partial charge in [0.25, 0.3) is 0 Å². The number of sulfone groups is 1. The fourth-order valence-corrected chi connectivity index (χ4v) is 2.89. The molecule has 1 unspecified atom stereocenters. The summed E-state index contributed by atoms with van der Waals surface area (Å²) in [7, 11) is -3.37. The minimum atomic E-state index is -3.37. The van der Waals surface area contributed by atoms with Crippen LogP contribution in [0.25, 0.3) is 0 Å². The van der Waals surface area contributed by atoms with Crippen molar-refractivity contribution in [1.82, 2.24) is 5.32 Å². The smallest absolute Gasteiger partial charge is 0.321 e. The van der Waals surface area contributed by atoms with Crippen LogP contribution >= 0.6 is 0 Å². The van der Waals surface area contributed by atoms with Crippen LogP contribution < -0.4 is 5.32 Å². The largest absolute Gasteiger partial charge is 0.459 e. The molecule has 0 rings (SSSR count). The maximum absolute atomic E-state index is 11.8. The molecule has 6 heteroatoms. The summed E-state index contributed by atoms with van der Waals surface area (Å²) in [6.45, 7) is 10.2. The molecule has 0 amide bonds. The van der Waals surface area contributed by atoms with Crippen molar-refractivity contribution in [3.63, 3.8) is 0 Å². The van der Waals surface area contributed by atoms with Gasteiger partial charge in [0.05, 0.1) is 5.75 Å². The van der Waals surface area contributed by atoms with Crippen molar-refractivity contribution < 1.29 is 17.9 Å². The second kappa shape index (κ2) is 8.62. The van der Waals surface area contributed by atoms with E-state index in [1.807, 2.05) is 6.92 Å². The van der Waals surface area contributed by atoms with Gasteiger partial charge in [-0.2, -0.15) is 0 Å². The Morgan fingerprint density at radius 2 is 1.90 bits per heavy atom. The topological polar surface area (TPSA) is 72.5 Å². The predicted octanol–water partition coefficient (Wildman–Crippen LogP) is 1.91. The lowest BCUT2D eigenvalue weighted by atomic mass is 10.2. The van der Waals surface area contributed by atoms with E-state index in [2.05, 4.69) is 12.2 Å². The number of ether oxygens (including phenoxy) is 1.